The van der Waals surface area contributed by atoms with Gasteiger partial charge in [-0.3, -0.25) is 9.59 Å². The van der Waals surface area contributed by atoms with Crippen LogP contribution in [0.15, 0.2) is 24.3 Å². The SMILES string of the molecule is Cc1ccc(C(=O)CCC(=O)NC2CCC(C)CC2)cc1. The summed E-state index contributed by atoms with van der Waals surface area (Å²) < 4.78 is 0. The van der Waals surface area contributed by atoms with Gasteiger partial charge in [-0.15, -0.1) is 0 Å². The molecule has 0 atom stereocenters. The van der Waals surface area contributed by atoms with Crippen molar-refractivity contribution in [1.82, 2.24) is 5.32 Å². The van der Waals surface area contributed by atoms with Crippen LogP contribution in [0.1, 0.15) is 61.4 Å². The standard InChI is InChI=1S/C18H25NO2/c1-13-3-7-15(8-4-13)17(20)11-12-18(21)19-16-9-5-14(2)6-10-16/h3-4,7-8,14,16H,5-6,9-12H2,1-2H3,(H,19,21). The number of aryl methyl sites for hydroxylation is 1. The van der Waals surface area contributed by atoms with Gasteiger partial charge in [-0.25, -0.2) is 0 Å². The molecule has 21 heavy (non-hydrogen) atoms. The number of hydrogen-bond donors (Lipinski definition) is 1. The molecule has 0 bridgehead atoms. The summed E-state index contributed by atoms with van der Waals surface area (Å²) in [6, 6.07) is 7.83. The van der Waals surface area contributed by atoms with Crippen LogP contribution in [-0.2, 0) is 4.79 Å². The number of benzene rings is 1. The lowest BCUT2D eigenvalue weighted by molar-refractivity contribution is -0.122. The third-order valence-electron chi connectivity index (χ3n) is 4.33. The maximum Gasteiger partial charge on any atom is 0.220 e. The van der Waals surface area contributed by atoms with Crippen LogP contribution in [0, 0.1) is 12.8 Å². The monoisotopic (exact) mass is 287 g/mol. The van der Waals surface area contributed by atoms with E-state index in [4.69, 9.17) is 0 Å². The molecule has 0 radical (unpaired) electrons. The lowest BCUT2D eigenvalue weighted by atomic mass is 9.87. The third kappa shape index (κ3) is 5.00. The highest BCUT2D eigenvalue weighted by atomic mass is 16.2. The molecule has 1 saturated carbocycles. The summed E-state index contributed by atoms with van der Waals surface area (Å²) in [4.78, 5) is 23.9. The second-order valence-corrected chi connectivity index (χ2v) is 6.31. The number of nitrogens with one attached hydrogen (secondary N) is 1. The zero-order valence-electron chi connectivity index (χ0n) is 13.0. The molecule has 1 N–H and O–H groups in total. The van der Waals surface area contributed by atoms with Crippen LogP contribution in [0.25, 0.3) is 0 Å². The van der Waals surface area contributed by atoms with Gasteiger partial charge in [0.05, 0.1) is 0 Å². The molecule has 0 saturated heterocycles. The molecule has 0 heterocycles. The van der Waals surface area contributed by atoms with Gasteiger partial charge in [0.2, 0.25) is 5.91 Å². The first kappa shape index (κ1) is 15.7. The normalized spacial score (nSPS) is 21.8. The average Bonchev–Trinajstić information content (AvgIpc) is 2.48. The lowest BCUT2D eigenvalue weighted by Gasteiger charge is -2.26. The average molecular weight is 287 g/mol. The van der Waals surface area contributed by atoms with Crippen molar-refractivity contribution in [1.29, 1.82) is 0 Å². The summed E-state index contributed by atoms with van der Waals surface area (Å²) in [6.07, 6.45) is 5.09. The molecule has 1 aliphatic carbocycles. The van der Waals surface area contributed by atoms with E-state index in [0.717, 1.165) is 24.3 Å². The summed E-state index contributed by atoms with van der Waals surface area (Å²) in [5, 5.41) is 3.06. The number of carbonyl (C=O) groups excluding carboxylic acids is 2. The van der Waals surface area contributed by atoms with Gasteiger partial charge in [0.25, 0.3) is 0 Å². The molecule has 1 aromatic carbocycles. The molecule has 1 aromatic rings. The van der Waals surface area contributed by atoms with Gasteiger partial charge in [0.1, 0.15) is 0 Å². The summed E-state index contributed by atoms with van der Waals surface area (Å²) in [5.74, 6) is 0.832. The van der Waals surface area contributed by atoms with Crippen LogP contribution in [0.2, 0.25) is 0 Å². The number of amides is 1. The van der Waals surface area contributed by atoms with E-state index in [1.54, 1.807) is 0 Å². The van der Waals surface area contributed by atoms with E-state index in [-0.39, 0.29) is 18.1 Å². The van der Waals surface area contributed by atoms with Gasteiger partial charge in [-0.05, 0) is 38.5 Å². The number of hydrogen-bond acceptors (Lipinski definition) is 2. The third-order valence-corrected chi connectivity index (χ3v) is 4.33. The molecule has 0 unspecified atom stereocenters. The van der Waals surface area contributed by atoms with Gasteiger partial charge in [0.15, 0.2) is 5.78 Å². The first-order chi connectivity index (χ1) is 10.0. The molecular formula is C18H25NO2. The van der Waals surface area contributed by atoms with Gasteiger partial charge in [-0.1, -0.05) is 36.8 Å². The van der Waals surface area contributed by atoms with Gasteiger partial charge in [0, 0.05) is 24.4 Å². The molecule has 1 aliphatic rings. The fourth-order valence-corrected chi connectivity index (χ4v) is 2.82. The molecule has 1 fully saturated rings. The van der Waals surface area contributed by atoms with E-state index < -0.39 is 0 Å². The maximum atomic E-state index is 12.0. The van der Waals surface area contributed by atoms with Gasteiger partial charge >= 0.3 is 0 Å². The Hall–Kier alpha value is -1.64. The molecule has 0 spiro atoms. The minimum absolute atomic E-state index is 0.00927. The van der Waals surface area contributed by atoms with E-state index in [9.17, 15) is 9.59 Å². The van der Waals surface area contributed by atoms with Crippen molar-refractivity contribution in [2.24, 2.45) is 5.92 Å². The van der Waals surface area contributed by atoms with E-state index in [1.807, 2.05) is 31.2 Å². The molecular weight excluding hydrogens is 262 g/mol. The van der Waals surface area contributed by atoms with Crippen LogP contribution >= 0.6 is 0 Å². The second-order valence-electron chi connectivity index (χ2n) is 6.31. The Morgan fingerprint density at radius 3 is 2.29 bits per heavy atom. The summed E-state index contributed by atoms with van der Waals surface area (Å²) >= 11 is 0. The van der Waals surface area contributed by atoms with Crippen molar-refractivity contribution in [2.45, 2.75) is 58.4 Å². The first-order valence-electron chi connectivity index (χ1n) is 7.94. The van der Waals surface area contributed by atoms with Crippen LogP contribution in [0.3, 0.4) is 0 Å². The molecule has 1 amide bonds. The molecule has 2 rings (SSSR count). The number of ketones is 1. The van der Waals surface area contributed by atoms with Crippen molar-refractivity contribution in [3.05, 3.63) is 35.4 Å². The quantitative estimate of drug-likeness (QED) is 0.840. The highest BCUT2D eigenvalue weighted by Crippen LogP contribution is 2.23. The summed E-state index contributed by atoms with van der Waals surface area (Å²) in [5.41, 5.74) is 1.83. The Labute approximate surface area is 127 Å². The second kappa shape index (κ2) is 7.39. The van der Waals surface area contributed by atoms with Gasteiger partial charge in [-0.2, -0.15) is 0 Å². The van der Waals surface area contributed by atoms with E-state index in [1.165, 1.54) is 12.8 Å². The minimum atomic E-state index is 0.00927. The van der Waals surface area contributed by atoms with Crippen LogP contribution < -0.4 is 5.32 Å². The van der Waals surface area contributed by atoms with Crippen LogP contribution in [0.5, 0.6) is 0 Å². The highest BCUT2D eigenvalue weighted by molar-refractivity contribution is 5.97. The Morgan fingerprint density at radius 2 is 1.67 bits per heavy atom. The summed E-state index contributed by atoms with van der Waals surface area (Å²) in [7, 11) is 0. The van der Waals surface area contributed by atoms with Crippen molar-refractivity contribution >= 4 is 11.7 Å². The number of rotatable bonds is 5. The molecule has 0 aliphatic heterocycles. The fourth-order valence-electron chi connectivity index (χ4n) is 2.82. The Morgan fingerprint density at radius 1 is 1.05 bits per heavy atom. The summed E-state index contributed by atoms with van der Waals surface area (Å²) in [6.45, 7) is 4.25. The van der Waals surface area contributed by atoms with Crippen LogP contribution in [-0.4, -0.2) is 17.7 Å². The number of carbonyl (C=O) groups is 2. The predicted molar refractivity (Wildman–Crippen MR) is 84.3 cm³/mol. The predicted octanol–water partition coefficient (Wildman–Crippen LogP) is 3.65. The fraction of sp³-hybridized carbons (Fsp3) is 0.556. The van der Waals surface area contributed by atoms with Crippen LogP contribution in [0.4, 0.5) is 0 Å². The molecule has 114 valence electrons. The lowest BCUT2D eigenvalue weighted by Crippen LogP contribution is -2.37. The first-order valence-corrected chi connectivity index (χ1v) is 7.94. The zero-order valence-corrected chi connectivity index (χ0v) is 13.0. The van der Waals surface area contributed by atoms with Crippen molar-refractivity contribution in [2.75, 3.05) is 0 Å². The smallest absolute Gasteiger partial charge is 0.220 e. The minimum Gasteiger partial charge on any atom is -0.353 e. The van der Waals surface area contributed by atoms with E-state index >= 15 is 0 Å². The molecule has 3 heteroatoms. The van der Waals surface area contributed by atoms with E-state index in [0.29, 0.717) is 18.0 Å². The van der Waals surface area contributed by atoms with Crippen molar-refractivity contribution < 1.29 is 9.59 Å². The van der Waals surface area contributed by atoms with E-state index in [2.05, 4.69) is 12.2 Å². The van der Waals surface area contributed by atoms with Crippen molar-refractivity contribution in [3.63, 3.8) is 0 Å². The highest BCUT2D eigenvalue weighted by Gasteiger charge is 2.20. The Bertz CT molecular complexity index is 484. The molecule has 0 aromatic heterocycles. The Balaban J connectivity index is 1.73. The largest absolute Gasteiger partial charge is 0.353 e. The van der Waals surface area contributed by atoms with Crippen molar-refractivity contribution in [3.8, 4) is 0 Å². The Kier molecular flexibility index (Phi) is 5.54. The number of Topliss-reactive ketones (excluding diaryl/α,β-unsaturated/α-hetero) is 1. The van der Waals surface area contributed by atoms with Gasteiger partial charge < -0.3 is 5.32 Å². The topological polar surface area (TPSA) is 46.2 Å². The maximum absolute atomic E-state index is 12.0. The molecule has 3 nitrogen and oxygen atoms in total. The zero-order chi connectivity index (χ0) is 15.2.